The van der Waals surface area contributed by atoms with Gasteiger partial charge in [-0.3, -0.25) is 0 Å². The second-order valence-corrected chi connectivity index (χ2v) is 7.05. The number of aliphatic hydroxyl groups is 1. The van der Waals surface area contributed by atoms with Gasteiger partial charge < -0.3 is 9.84 Å². The molecule has 0 aromatic rings. The predicted molar refractivity (Wildman–Crippen MR) is 79.1 cm³/mol. The van der Waals surface area contributed by atoms with Crippen molar-refractivity contribution in [2.75, 3.05) is 6.61 Å². The van der Waals surface area contributed by atoms with Gasteiger partial charge in [0.2, 0.25) is 0 Å². The first kappa shape index (κ1) is 15.3. The molecule has 2 aliphatic rings. The van der Waals surface area contributed by atoms with Crippen molar-refractivity contribution < 1.29 is 9.84 Å². The number of hydrogen-bond acceptors (Lipinski definition) is 2. The average Bonchev–Trinajstić information content (AvgIpc) is 2.92. The minimum atomic E-state index is -0.0606. The number of hydrogen-bond donors (Lipinski definition) is 1. The van der Waals surface area contributed by atoms with Crippen molar-refractivity contribution in [3.05, 3.63) is 0 Å². The van der Waals surface area contributed by atoms with Crippen molar-refractivity contribution in [1.29, 1.82) is 0 Å². The summed E-state index contributed by atoms with van der Waals surface area (Å²) >= 11 is 0. The fourth-order valence-corrected chi connectivity index (χ4v) is 3.86. The molecule has 19 heavy (non-hydrogen) atoms. The summed E-state index contributed by atoms with van der Waals surface area (Å²) in [7, 11) is 0. The molecule has 1 aliphatic heterocycles. The fraction of sp³-hybridized carbons (Fsp3) is 1.00. The van der Waals surface area contributed by atoms with Crippen LogP contribution in [0.15, 0.2) is 0 Å². The molecule has 0 aromatic heterocycles. The zero-order valence-corrected chi connectivity index (χ0v) is 12.8. The van der Waals surface area contributed by atoms with E-state index in [1.54, 1.807) is 0 Å². The highest BCUT2D eigenvalue weighted by atomic mass is 16.5. The molecular weight excluding hydrogens is 236 g/mol. The molecule has 0 bridgehead atoms. The van der Waals surface area contributed by atoms with Crippen LogP contribution in [0.1, 0.15) is 71.6 Å². The van der Waals surface area contributed by atoms with E-state index >= 15 is 0 Å². The summed E-state index contributed by atoms with van der Waals surface area (Å²) in [6.45, 7) is 5.62. The Balaban J connectivity index is 1.59. The van der Waals surface area contributed by atoms with Crippen molar-refractivity contribution >= 4 is 0 Å². The summed E-state index contributed by atoms with van der Waals surface area (Å²) in [6.07, 6.45) is 11.3. The Labute approximate surface area is 118 Å². The van der Waals surface area contributed by atoms with E-state index in [-0.39, 0.29) is 6.10 Å². The Morgan fingerprint density at radius 1 is 1.05 bits per heavy atom. The lowest BCUT2D eigenvalue weighted by atomic mass is 9.74. The van der Waals surface area contributed by atoms with Gasteiger partial charge in [-0.25, -0.2) is 0 Å². The Hall–Kier alpha value is -0.0800. The summed E-state index contributed by atoms with van der Waals surface area (Å²) in [5, 5.41) is 10.3. The van der Waals surface area contributed by atoms with Crippen LogP contribution in [0.25, 0.3) is 0 Å². The van der Waals surface area contributed by atoms with Crippen molar-refractivity contribution in [1.82, 2.24) is 0 Å². The van der Waals surface area contributed by atoms with Gasteiger partial charge in [0.15, 0.2) is 0 Å². The molecule has 0 radical (unpaired) electrons. The molecule has 2 fully saturated rings. The van der Waals surface area contributed by atoms with E-state index in [1.165, 1.54) is 38.5 Å². The third kappa shape index (κ3) is 4.75. The van der Waals surface area contributed by atoms with Crippen LogP contribution in [-0.2, 0) is 4.74 Å². The van der Waals surface area contributed by atoms with Crippen LogP contribution in [0.4, 0.5) is 0 Å². The van der Waals surface area contributed by atoms with Crippen LogP contribution in [0, 0.1) is 17.8 Å². The lowest BCUT2D eigenvalue weighted by molar-refractivity contribution is 0.0517. The topological polar surface area (TPSA) is 29.5 Å². The maximum atomic E-state index is 10.3. The standard InChI is InChI=1S/C17H32O2/c1-13(2)14-8-10-15(11-9-14)17(18)7-3-5-16-6-4-12-19-16/h13-18H,3-12H2,1-2H3. The molecule has 1 heterocycles. The van der Waals surface area contributed by atoms with Crippen molar-refractivity contribution in [3.8, 4) is 0 Å². The van der Waals surface area contributed by atoms with Gasteiger partial charge >= 0.3 is 0 Å². The zero-order valence-electron chi connectivity index (χ0n) is 12.8. The highest BCUT2D eigenvalue weighted by Crippen LogP contribution is 2.35. The van der Waals surface area contributed by atoms with E-state index in [4.69, 9.17) is 4.74 Å². The Bertz CT molecular complexity index is 238. The first-order valence-electron chi connectivity index (χ1n) is 8.46. The van der Waals surface area contributed by atoms with Crippen LogP contribution in [0.5, 0.6) is 0 Å². The molecule has 0 aromatic carbocycles. The van der Waals surface area contributed by atoms with Crippen LogP contribution in [0.2, 0.25) is 0 Å². The second-order valence-electron chi connectivity index (χ2n) is 7.05. The molecule has 1 N–H and O–H groups in total. The second kappa shape index (κ2) is 7.64. The maximum Gasteiger partial charge on any atom is 0.0576 e. The van der Waals surface area contributed by atoms with Gasteiger partial charge in [0, 0.05) is 6.61 Å². The van der Waals surface area contributed by atoms with E-state index in [1.807, 2.05) is 0 Å². The molecule has 2 rings (SSSR count). The SMILES string of the molecule is CC(C)C1CCC(C(O)CCCC2CCCO2)CC1. The van der Waals surface area contributed by atoms with E-state index < -0.39 is 0 Å². The zero-order chi connectivity index (χ0) is 13.7. The third-order valence-electron chi connectivity index (χ3n) is 5.35. The Morgan fingerprint density at radius 2 is 1.74 bits per heavy atom. The molecule has 1 saturated carbocycles. The van der Waals surface area contributed by atoms with Crippen LogP contribution < -0.4 is 0 Å². The summed E-state index contributed by atoms with van der Waals surface area (Å²) in [5.74, 6) is 2.28. The molecule has 1 saturated heterocycles. The van der Waals surface area contributed by atoms with Crippen LogP contribution in [-0.4, -0.2) is 23.9 Å². The molecule has 2 unspecified atom stereocenters. The number of ether oxygens (including phenoxy) is 1. The quantitative estimate of drug-likeness (QED) is 0.784. The van der Waals surface area contributed by atoms with Crippen molar-refractivity contribution in [3.63, 3.8) is 0 Å². The Morgan fingerprint density at radius 3 is 2.32 bits per heavy atom. The normalized spacial score (nSPS) is 33.8. The minimum Gasteiger partial charge on any atom is -0.393 e. The molecule has 112 valence electrons. The van der Waals surface area contributed by atoms with Crippen molar-refractivity contribution in [2.45, 2.75) is 83.8 Å². The molecule has 0 amide bonds. The maximum absolute atomic E-state index is 10.3. The minimum absolute atomic E-state index is 0.0606. The summed E-state index contributed by atoms with van der Waals surface area (Å²) in [5.41, 5.74) is 0. The third-order valence-corrected chi connectivity index (χ3v) is 5.35. The molecule has 2 atom stereocenters. The van der Waals surface area contributed by atoms with Gasteiger partial charge in [0.25, 0.3) is 0 Å². The van der Waals surface area contributed by atoms with E-state index in [9.17, 15) is 5.11 Å². The highest BCUT2D eigenvalue weighted by molar-refractivity contribution is 4.79. The van der Waals surface area contributed by atoms with Crippen LogP contribution in [0.3, 0.4) is 0 Å². The van der Waals surface area contributed by atoms with E-state index in [2.05, 4.69) is 13.8 Å². The first-order valence-corrected chi connectivity index (χ1v) is 8.46. The van der Waals surface area contributed by atoms with Gasteiger partial charge in [-0.1, -0.05) is 13.8 Å². The largest absolute Gasteiger partial charge is 0.393 e. The lowest BCUT2D eigenvalue weighted by Crippen LogP contribution is -2.27. The first-order chi connectivity index (χ1) is 9.16. The molecule has 2 heteroatoms. The van der Waals surface area contributed by atoms with E-state index in [0.29, 0.717) is 12.0 Å². The fourth-order valence-electron chi connectivity index (χ4n) is 3.86. The summed E-state index contributed by atoms with van der Waals surface area (Å²) < 4.78 is 5.64. The highest BCUT2D eigenvalue weighted by Gasteiger charge is 2.27. The smallest absolute Gasteiger partial charge is 0.0576 e. The Kier molecular flexibility index (Phi) is 6.15. The van der Waals surface area contributed by atoms with Crippen LogP contribution >= 0.6 is 0 Å². The number of rotatable bonds is 6. The van der Waals surface area contributed by atoms with E-state index in [0.717, 1.165) is 37.7 Å². The predicted octanol–water partition coefficient (Wildman–Crippen LogP) is 4.16. The molecule has 1 aliphatic carbocycles. The average molecular weight is 268 g/mol. The van der Waals surface area contributed by atoms with Gasteiger partial charge in [-0.2, -0.15) is 0 Å². The lowest BCUT2D eigenvalue weighted by Gasteiger charge is -2.33. The van der Waals surface area contributed by atoms with Gasteiger partial charge in [0.05, 0.1) is 12.2 Å². The number of aliphatic hydroxyl groups excluding tert-OH is 1. The summed E-state index contributed by atoms with van der Waals surface area (Å²) in [4.78, 5) is 0. The molecule has 2 nitrogen and oxygen atoms in total. The molecule has 0 spiro atoms. The van der Waals surface area contributed by atoms with Gasteiger partial charge in [-0.05, 0) is 75.5 Å². The van der Waals surface area contributed by atoms with Gasteiger partial charge in [-0.15, -0.1) is 0 Å². The monoisotopic (exact) mass is 268 g/mol. The van der Waals surface area contributed by atoms with Gasteiger partial charge in [0.1, 0.15) is 0 Å². The molecular formula is C17H32O2. The van der Waals surface area contributed by atoms with Crippen molar-refractivity contribution in [2.24, 2.45) is 17.8 Å². The summed E-state index contributed by atoms with van der Waals surface area (Å²) in [6, 6.07) is 0.